The Morgan fingerprint density at radius 1 is 1.42 bits per heavy atom. The Hall–Kier alpha value is -2.56. The maximum atomic E-state index is 13.1. The summed E-state index contributed by atoms with van der Waals surface area (Å²) in [7, 11) is 0. The van der Waals surface area contributed by atoms with Crippen LogP contribution in [0.25, 0.3) is 0 Å². The highest BCUT2D eigenvalue weighted by Crippen LogP contribution is 2.34. The van der Waals surface area contributed by atoms with E-state index in [1.54, 1.807) is 0 Å². The highest BCUT2D eigenvalue weighted by molar-refractivity contribution is 5.99. The lowest BCUT2D eigenvalue weighted by atomic mass is 10.1. The van der Waals surface area contributed by atoms with Crippen LogP contribution < -0.4 is 0 Å². The minimum Gasteiger partial charge on any atom is -0.364 e. The van der Waals surface area contributed by atoms with E-state index in [9.17, 15) is 37.6 Å². The highest BCUT2D eigenvalue weighted by atomic mass is 19.3. The molecule has 11 heteroatoms. The van der Waals surface area contributed by atoms with Crippen molar-refractivity contribution in [2.45, 2.75) is 31.9 Å². The first-order valence-corrected chi connectivity index (χ1v) is 6.53. The fourth-order valence-electron chi connectivity index (χ4n) is 2.22. The molecule has 1 heterocycles. The lowest BCUT2D eigenvalue weighted by Gasteiger charge is -2.30. The molecule has 1 aliphatic heterocycles. The van der Waals surface area contributed by atoms with Gasteiger partial charge in [0.25, 0.3) is 24.4 Å². The molecule has 2 rings (SSSR count). The molecular weight excluding hydrogens is 338 g/mol. The number of alkyl halides is 4. The zero-order chi connectivity index (χ0) is 18.2. The van der Waals surface area contributed by atoms with Crippen molar-refractivity contribution in [2.24, 2.45) is 5.10 Å². The molecule has 1 aromatic rings. The SMILES string of the molecule is Cc1cc(C(=O)N2N=C(C(F)F)C[C@@]2(O)C(F)F)ccc1[N+](=O)[O-]. The summed E-state index contributed by atoms with van der Waals surface area (Å²) in [4.78, 5) is 22.3. The first-order valence-electron chi connectivity index (χ1n) is 6.53. The number of amides is 1. The number of aliphatic hydroxyl groups is 1. The van der Waals surface area contributed by atoms with Gasteiger partial charge in [0.05, 0.1) is 4.92 Å². The molecule has 0 spiro atoms. The minimum atomic E-state index is -3.54. The summed E-state index contributed by atoms with van der Waals surface area (Å²) in [6.07, 6.45) is -7.95. The Balaban J connectivity index is 2.43. The smallest absolute Gasteiger partial charge is 0.287 e. The Morgan fingerprint density at radius 3 is 2.50 bits per heavy atom. The number of rotatable bonds is 4. The number of nitro groups is 1. The van der Waals surface area contributed by atoms with Gasteiger partial charge in [-0.25, -0.2) is 17.6 Å². The van der Waals surface area contributed by atoms with Crippen molar-refractivity contribution in [2.75, 3.05) is 0 Å². The predicted molar refractivity (Wildman–Crippen MR) is 73.0 cm³/mol. The number of nitro benzene ring substituents is 1. The zero-order valence-corrected chi connectivity index (χ0v) is 12.1. The van der Waals surface area contributed by atoms with Crippen LogP contribution in [0.1, 0.15) is 22.3 Å². The fourth-order valence-corrected chi connectivity index (χ4v) is 2.22. The van der Waals surface area contributed by atoms with E-state index in [0.29, 0.717) is 0 Å². The van der Waals surface area contributed by atoms with E-state index in [0.717, 1.165) is 18.2 Å². The van der Waals surface area contributed by atoms with Gasteiger partial charge >= 0.3 is 0 Å². The topological polar surface area (TPSA) is 96.0 Å². The third-order valence-electron chi connectivity index (χ3n) is 3.47. The molecule has 0 fully saturated rings. The molecule has 1 atom stereocenters. The van der Waals surface area contributed by atoms with E-state index < -0.39 is 41.5 Å². The summed E-state index contributed by atoms with van der Waals surface area (Å²) in [5.74, 6) is -1.27. The Morgan fingerprint density at radius 2 is 2.04 bits per heavy atom. The average Bonchev–Trinajstić information content (AvgIpc) is 2.85. The lowest BCUT2D eigenvalue weighted by Crippen LogP contribution is -2.51. The molecule has 0 saturated carbocycles. The molecular formula is C13H11F4N3O4. The summed E-state index contributed by atoms with van der Waals surface area (Å²) in [5, 5.41) is 23.6. The summed E-state index contributed by atoms with van der Waals surface area (Å²) < 4.78 is 51.6. The van der Waals surface area contributed by atoms with Crippen molar-refractivity contribution < 1.29 is 32.4 Å². The summed E-state index contributed by atoms with van der Waals surface area (Å²) in [5.41, 5.74) is -4.81. The maximum absolute atomic E-state index is 13.1. The van der Waals surface area contributed by atoms with Gasteiger partial charge < -0.3 is 5.11 Å². The van der Waals surface area contributed by atoms with Crippen LogP contribution in [-0.2, 0) is 0 Å². The number of carbonyl (C=O) groups is 1. The van der Waals surface area contributed by atoms with E-state index in [1.807, 2.05) is 0 Å². The third-order valence-corrected chi connectivity index (χ3v) is 3.47. The van der Waals surface area contributed by atoms with Gasteiger partial charge in [0.2, 0.25) is 5.72 Å². The van der Waals surface area contributed by atoms with Gasteiger partial charge in [-0.2, -0.15) is 10.1 Å². The molecule has 1 aromatic carbocycles. The molecule has 24 heavy (non-hydrogen) atoms. The van der Waals surface area contributed by atoms with Crippen molar-refractivity contribution in [3.05, 3.63) is 39.4 Å². The molecule has 0 aromatic heterocycles. The first kappa shape index (κ1) is 17.8. The second-order valence-corrected chi connectivity index (χ2v) is 5.12. The first-order chi connectivity index (χ1) is 11.1. The van der Waals surface area contributed by atoms with Gasteiger partial charge in [0.15, 0.2) is 0 Å². The normalized spacial score (nSPS) is 20.7. The van der Waals surface area contributed by atoms with Crippen molar-refractivity contribution in [3.63, 3.8) is 0 Å². The van der Waals surface area contributed by atoms with Gasteiger partial charge in [-0.15, -0.1) is 0 Å². The van der Waals surface area contributed by atoms with Crippen LogP contribution in [0.5, 0.6) is 0 Å². The number of hydrazone groups is 1. The quantitative estimate of drug-likeness (QED) is 0.513. The molecule has 0 radical (unpaired) electrons. The number of hydrogen-bond donors (Lipinski definition) is 1. The van der Waals surface area contributed by atoms with E-state index in [1.165, 1.54) is 6.92 Å². The Labute approximate surface area is 132 Å². The van der Waals surface area contributed by atoms with Crippen LogP contribution in [0, 0.1) is 17.0 Å². The highest BCUT2D eigenvalue weighted by Gasteiger charge is 2.53. The van der Waals surface area contributed by atoms with Crippen LogP contribution in [0.3, 0.4) is 0 Å². The number of halogens is 4. The number of carbonyl (C=O) groups excluding carboxylic acids is 1. The van der Waals surface area contributed by atoms with Gasteiger partial charge in [-0.05, 0) is 19.1 Å². The van der Waals surface area contributed by atoms with Gasteiger partial charge in [0, 0.05) is 23.6 Å². The van der Waals surface area contributed by atoms with E-state index in [2.05, 4.69) is 5.10 Å². The average molecular weight is 349 g/mol. The van der Waals surface area contributed by atoms with Gasteiger partial charge in [-0.1, -0.05) is 0 Å². The number of benzene rings is 1. The van der Waals surface area contributed by atoms with Crippen LogP contribution in [-0.4, -0.2) is 45.2 Å². The van der Waals surface area contributed by atoms with E-state index in [4.69, 9.17) is 0 Å². The van der Waals surface area contributed by atoms with Crippen molar-refractivity contribution in [1.29, 1.82) is 0 Å². The van der Waals surface area contributed by atoms with Crippen LogP contribution in [0.4, 0.5) is 23.2 Å². The largest absolute Gasteiger partial charge is 0.364 e. The van der Waals surface area contributed by atoms with Crippen LogP contribution in [0.15, 0.2) is 23.3 Å². The predicted octanol–water partition coefficient (Wildman–Crippen LogP) is 2.32. The molecule has 1 aliphatic rings. The molecule has 0 unspecified atom stereocenters. The van der Waals surface area contributed by atoms with E-state index >= 15 is 0 Å². The molecule has 0 saturated heterocycles. The van der Waals surface area contributed by atoms with Crippen molar-refractivity contribution in [3.8, 4) is 0 Å². The van der Waals surface area contributed by atoms with Crippen LogP contribution in [0.2, 0.25) is 0 Å². The molecule has 1 amide bonds. The Kier molecular flexibility index (Phi) is 4.56. The monoisotopic (exact) mass is 349 g/mol. The summed E-state index contributed by atoms with van der Waals surface area (Å²) in [6, 6.07) is 2.97. The number of nitrogens with zero attached hydrogens (tertiary/aromatic N) is 3. The Bertz CT molecular complexity index is 725. The van der Waals surface area contributed by atoms with Crippen molar-refractivity contribution >= 4 is 17.3 Å². The molecule has 1 N–H and O–H groups in total. The number of aryl methyl sites for hydroxylation is 1. The van der Waals surface area contributed by atoms with Crippen molar-refractivity contribution in [1.82, 2.24) is 5.01 Å². The maximum Gasteiger partial charge on any atom is 0.287 e. The standard InChI is InChI=1S/C13H11F4N3O4/c1-6-4-7(2-3-9(6)20(23)24)11(21)19-13(22,12(16)17)5-8(18-19)10(14)15/h2-4,10,12,22H,5H2,1H3/t13-/m1/s1. The van der Waals surface area contributed by atoms with Crippen LogP contribution >= 0.6 is 0 Å². The zero-order valence-electron chi connectivity index (χ0n) is 12.1. The van der Waals surface area contributed by atoms with Gasteiger partial charge in [-0.3, -0.25) is 14.9 Å². The van der Waals surface area contributed by atoms with E-state index in [-0.39, 0.29) is 21.8 Å². The third kappa shape index (κ3) is 2.94. The second kappa shape index (κ2) is 6.15. The molecule has 7 nitrogen and oxygen atoms in total. The number of hydrogen-bond acceptors (Lipinski definition) is 5. The molecule has 0 aliphatic carbocycles. The molecule has 130 valence electrons. The van der Waals surface area contributed by atoms with Gasteiger partial charge in [0.1, 0.15) is 5.71 Å². The summed E-state index contributed by atoms with van der Waals surface area (Å²) >= 11 is 0. The minimum absolute atomic E-state index is 0.0590. The summed E-state index contributed by atoms with van der Waals surface area (Å²) in [6.45, 7) is 1.31. The lowest BCUT2D eigenvalue weighted by molar-refractivity contribution is -0.385. The second-order valence-electron chi connectivity index (χ2n) is 5.12. The fraction of sp³-hybridized carbons (Fsp3) is 0.385. The molecule has 0 bridgehead atoms.